The van der Waals surface area contributed by atoms with Crippen LogP contribution in [0.15, 0.2) is 18.2 Å². The van der Waals surface area contributed by atoms with Crippen molar-refractivity contribution in [1.82, 2.24) is 5.32 Å². The molecule has 0 aliphatic rings. The van der Waals surface area contributed by atoms with E-state index in [0.717, 1.165) is 0 Å². The van der Waals surface area contributed by atoms with Crippen molar-refractivity contribution < 1.29 is 19.0 Å². The molecule has 21 heavy (non-hydrogen) atoms. The molecule has 1 atom stereocenters. The summed E-state index contributed by atoms with van der Waals surface area (Å²) in [4.78, 5) is 11.4. The molecule has 0 aliphatic carbocycles. The molecule has 0 fully saturated rings. The van der Waals surface area contributed by atoms with Gasteiger partial charge >= 0.3 is 5.97 Å². The number of carboxylic acid groups (broad SMARTS) is 1. The number of halogens is 1. The van der Waals surface area contributed by atoms with Gasteiger partial charge in [0, 0.05) is 0 Å². The molecule has 0 heterocycles. The van der Waals surface area contributed by atoms with Gasteiger partial charge in [-0.15, -0.1) is 0 Å². The fraction of sp³-hybridized carbons (Fsp3) is 0.562. The molecule has 1 aromatic rings. The normalized spacial score (nSPS) is 13.7. The Morgan fingerprint density at radius 3 is 2.67 bits per heavy atom. The van der Waals surface area contributed by atoms with Crippen LogP contribution in [0.25, 0.3) is 0 Å². The molecule has 5 heteroatoms. The van der Waals surface area contributed by atoms with Gasteiger partial charge in [0.15, 0.2) is 0 Å². The number of benzene rings is 1. The Balaban J connectivity index is 2.51. The second-order valence-electron chi connectivity index (χ2n) is 5.13. The molecule has 0 saturated carbocycles. The molecule has 0 saturated heterocycles. The summed E-state index contributed by atoms with van der Waals surface area (Å²) in [5, 5.41) is 12.4. The van der Waals surface area contributed by atoms with E-state index in [2.05, 4.69) is 5.32 Å². The summed E-state index contributed by atoms with van der Waals surface area (Å²) in [7, 11) is 0. The molecule has 0 spiro atoms. The van der Waals surface area contributed by atoms with Gasteiger partial charge in [0.05, 0.1) is 6.61 Å². The minimum absolute atomic E-state index is 0.259. The van der Waals surface area contributed by atoms with E-state index in [-0.39, 0.29) is 5.82 Å². The standard InChI is InChI=1S/C16H24FNO3/c1-4-16(15(19)20,18-5-2)9-6-10-21-13-7-8-14(17)12(3)11-13/h7-8,11,18H,4-6,9-10H2,1-3H3,(H,19,20). The molecule has 1 rings (SSSR count). The Kier molecular flexibility index (Phi) is 6.62. The molecule has 1 aromatic carbocycles. The Morgan fingerprint density at radius 1 is 1.43 bits per heavy atom. The number of aliphatic carboxylic acids is 1. The Bertz CT molecular complexity index is 479. The maximum absolute atomic E-state index is 13.1. The maximum Gasteiger partial charge on any atom is 0.323 e. The van der Waals surface area contributed by atoms with E-state index >= 15 is 0 Å². The van der Waals surface area contributed by atoms with Crippen LogP contribution in [-0.4, -0.2) is 29.8 Å². The highest BCUT2D eigenvalue weighted by atomic mass is 19.1. The van der Waals surface area contributed by atoms with Gasteiger partial charge in [-0.1, -0.05) is 13.8 Å². The summed E-state index contributed by atoms with van der Waals surface area (Å²) in [6.45, 7) is 6.45. The van der Waals surface area contributed by atoms with E-state index in [1.807, 2.05) is 13.8 Å². The smallest absolute Gasteiger partial charge is 0.323 e. The summed E-state index contributed by atoms with van der Waals surface area (Å²) in [5.74, 6) is -0.482. The average Bonchev–Trinajstić information content (AvgIpc) is 2.45. The largest absolute Gasteiger partial charge is 0.494 e. The third kappa shape index (κ3) is 4.70. The van der Waals surface area contributed by atoms with Crippen LogP contribution in [0.5, 0.6) is 5.75 Å². The van der Waals surface area contributed by atoms with Crippen molar-refractivity contribution in [3.63, 3.8) is 0 Å². The highest BCUT2D eigenvalue weighted by Gasteiger charge is 2.34. The van der Waals surface area contributed by atoms with Crippen LogP contribution < -0.4 is 10.1 Å². The number of carboxylic acids is 1. The number of nitrogens with one attached hydrogen (secondary N) is 1. The molecular formula is C16H24FNO3. The predicted molar refractivity (Wildman–Crippen MR) is 80.2 cm³/mol. The van der Waals surface area contributed by atoms with Crippen molar-refractivity contribution >= 4 is 5.97 Å². The number of ether oxygens (including phenoxy) is 1. The van der Waals surface area contributed by atoms with Crippen LogP contribution in [0.2, 0.25) is 0 Å². The minimum Gasteiger partial charge on any atom is -0.494 e. The summed E-state index contributed by atoms with van der Waals surface area (Å²) in [6, 6.07) is 4.59. The van der Waals surface area contributed by atoms with Gasteiger partial charge in [0.2, 0.25) is 0 Å². The Hall–Kier alpha value is -1.62. The first-order valence-corrected chi connectivity index (χ1v) is 7.32. The molecule has 0 aliphatic heterocycles. The number of carbonyl (C=O) groups is 1. The van der Waals surface area contributed by atoms with Gasteiger partial charge in [0.25, 0.3) is 0 Å². The van der Waals surface area contributed by atoms with E-state index in [0.29, 0.717) is 43.7 Å². The van der Waals surface area contributed by atoms with Crippen molar-refractivity contribution in [1.29, 1.82) is 0 Å². The Morgan fingerprint density at radius 2 is 2.14 bits per heavy atom. The van der Waals surface area contributed by atoms with Gasteiger partial charge in [-0.05, 0) is 56.5 Å². The number of hydrogen-bond acceptors (Lipinski definition) is 3. The molecule has 0 bridgehead atoms. The zero-order chi connectivity index (χ0) is 15.9. The quantitative estimate of drug-likeness (QED) is 0.688. The number of hydrogen-bond donors (Lipinski definition) is 2. The molecule has 0 radical (unpaired) electrons. The van der Waals surface area contributed by atoms with Crippen molar-refractivity contribution in [2.75, 3.05) is 13.2 Å². The first kappa shape index (κ1) is 17.4. The predicted octanol–water partition coefficient (Wildman–Crippen LogP) is 3.14. The Labute approximate surface area is 125 Å². The van der Waals surface area contributed by atoms with Crippen molar-refractivity contribution in [3.8, 4) is 5.75 Å². The van der Waals surface area contributed by atoms with E-state index < -0.39 is 11.5 Å². The lowest BCUT2D eigenvalue weighted by molar-refractivity contribution is -0.145. The molecule has 0 amide bonds. The summed E-state index contributed by atoms with van der Waals surface area (Å²) < 4.78 is 18.7. The van der Waals surface area contributed by atoms with Crippen LogP contribution >= 0.6 is 0 Å². The number of aryl methyl sites for hydroxylation is 1. The molecule has 1 unspecified atom stereocenters. The summed E-state index contributed by atoms with van der Waals surface area (Å²) >= 11 is 0. The van der Waals surface area contributed by atoms with Crippen molar-refractivity contribution in [2.45, 2.75) is 45.6 Å². The van der Waals surface area contributed by atoms with Crippen molar-refractivity contribution in [3.05, 3.63) is 29.6 Å². The fourth-order valence-corrected chi connectivity index (χ4v) is 2.33. The maximum atomic E-state index is 13.1. The van der Waals surface area contributed by atoms with E-state index in [1.165, 1.54) is 6.07 Å². The van der Waals surface area contributed by atoms with E-state index in [4.69, 9.17) is 4.74 Å². The number of likely N-dealkylation sites (N-methyl/N-ethyl adjacent to an activating group) is 1. The second kappa shape index (κ2) is 7.98. The fourth-order valence-electron chi connectivity index (χ4n) is 2.33. The molecular weight excluding hydrogens is 273 g/mol. The number of rotatable bonds is 9. The second-order valence-corrected chi connectivity index (χ2v) is 5.13. The van der Waals surface area contributed by atoms with Gasteiger partial charge in [-0.2, -0.15) is 0 Å². The van der Waals surface area contributed by atoms with Crippen molar-refractivity contribution in [2.24, 2.45) is 0 Å². The minimum atomic E-state index is -0.892. The topological polar surface area (TPSA) is 58.6 Å². The van der Waals surface area contributed by atoms with E-state index in [9.17, 15) is 14.3 Å². The monoisotopic (exact) mass is 297 g/mol. The summed E-state index contributed by atoms with van der Waals surface area (Å²) in [6.07, 6.45) is 1.63. The molecule has 0 aromatic heterocycles. The molecule has 118 valence electrons. The van der Waals surface area contributed by atoms with Gasteiger partial charge in [-0.3, -0.25) is 4.79 Å². The average molecular weight is 297 g/mol. The SMILES string of the molecule is CCNC(CC)(CCCOc1ccc(F)c(C)c1)C(=O)O. The first-order valence-electron chi connectivity index (χ1n) is 7.32. The van der Waals surface area contributed by atoms with Crippen LogP contribution in [0.1, 0.15) is 38.7 Å². The molecule has 2 N–H and O–H groups in total. The first-order chi connectivity index (χ1) is 9.95. The highest BCUT2D eigenvalue weighted by molar-refractivity contribution is 5.78. The summed E-state index contributed by atoms with van der Waals surface area (Å²) in [5.41, 5.74) is -0.356. The highest BCUT2D eigenvalue weighted by Crippen LogP contribution is 2.20. The third-order valence-electron chi connectivity index (χ3n) is 3.67. The zero-order valence-electron chi connectivity index (χ0n) is 12.9. The van der Waals surface area contributed by atoms with Crippen LogP contribution in [0, 0.1) is 12.7 Å². The lowest BCUT2D eigenvalue weighted by Gasteiger charge is -2.29. The zero-order valence-corrected chi connectivity index (χ0v) is 12.9. The lowest BCUT2D eigenvalue weighted by Crippen LogP contribution is -2.51. The van der Waals surface area contributed by atoms with Gasteiger partial charge in [0.1, 0.15) is 17.1 Å². The van der Waals surface area contributed by atoms with Crippen LogP contribution in [-0.2, 0) is 4.79 Å². The van der Waals surface area contributed by atoms with Gasteiger partial charge in [-0.25, -0.2) is 4.39 Å². The van der Waals surface area contributed by atoms with Crippen LogP contribution in [0.4, 0.5) is 4.39 Å². The third-order valence-corrected chi connectivity index (χ3v) is 3.67. The lowest BCUT2D eigenvalue weighted by atomic mass is 9.90. The van der Waals surface area contributed by atoms with E-state index in [1.54, 1.807) is 19.1 Å². The van der Waals surface area contributed by atoms with Crippen LogP contribution in [0.3, 0.4) is 0 Å². The van der Waals surface area contributed by atoms with Gasteiger partial charge < -0.3 is 15.2 Å². The molecule has 4 nitrogen and oxygen atoms in total.